The van der Waals surface area contributed by atoms with Gasteiger partial charge in [-0.15, -0.1) is 0 Å². The van der Waals surface area contributed by atoms with E-state index in [9.17, 15) is 4.79 Å². The van der Waals surface area contributed by atoms with Crippen LogP contribution in [0.3, 0.4) is 0 Å². The summed E-state index contributed by atoms with van der Waals surface area (Å²) in [5.74, 6) is 1.08. The Hall–Kier alpha value is -2.46. The number of hydrogen-bond donors (Lipinski definition) is 0. The molecule has 0 atom stereocenters. The maximum atomic E-state index is 12.8. The van der Waals surface area contributed by atoms with E-state index >= 15 is 0 Å². The van der Waals surface area contributed by atoms with Gasteiger partial charge in [0.15, 0.2) is 0 Å². The summed E-state index contributed by atoms with van der Waals surface area (Å²) in [6.07, 6.45) is 1.64. The molecule has 1 amide bonds. The fourth-order valence-electron chi connectivity index (χ4n) is 2.32. The normalized spacial score (nSPS) is 10.1. The quantitative estimate of drug-likeness (QED) is 0.706. The highest BCUT2D eigenvalue weighted by Crippen LogP contribution is 2.25. The molecule has 0 saturated heterocycles. The van der Waals surface area contributed by atoms with Crippen molar-refractivity contribution in [2.24, 2.45) is 0 Å². The molecule has 0 unspecified atom stereocenters. The molecule has 0 aliphatic heterocycles. The van der Waals surface area contributed by atoms with Crippen LogP contribution >= 0.6 is 11.6 Å². The number of para-hydroxylation sites is 1. The highest BCUT2D eigenvalue weighted by atomic mass is 35.5. The Morgan fingerprint density at radius 2 is 2.00 bits per heavy atom. The third-order valence-electron chi connectivity index (χ3n) is 3.47. The highest BCUT2D eigenvalue weighted by molar-refractivity contribution is 6.30. The van der Waals surface area contributed by atoms with Crippen LogP contribution in [0.1, 0.15) is 15.9 Å². The number of ether oxygens (including phenoxy) is 2. The standard InChI is InChI=1S/C19H20ClNO3/c1-4-11-24-18-8-6-5-7-16(18)19(22)21(2)13-14-12-15(20)9-10-17(14)23-3/h4-10,12H,1,11,13H2,2-3H3. The molecule has 2 rings (SSSR count). The van der Waals surface area contributed by atoms with Gasteiger partial charge in [0.2, 0.25) is 0 Å². The van der Waals surface area contributed by atoms with Crippen LogP contribution in [0.25, 0.3) is 0 Å². The minimum Gasteiger partial charge on any atom is -0.496 e. The van der Waals surface area contributed by atoms with Gasteiger partial charge in [-0.3, -0.25) is 4.79 Å². The second kappa shape index (κ2) is 8.41. The molecule has 0 fully saturated rings. The molecule has 0 spiro atoms. The molecule has 0 aliphatic rings. The summed E-state index contributed by atoms with van der Waals surface area (Å²) in [6.45, 7) is 4.34. The van der Waals surface area contributed by atoms with Gasteiger partial charge in [-0.05, 0) is 30.3 Å². The summed E-state index contributed by atoms with van der Waals surface area (Å²) in [4.78, 5) is 14.4. The number of nitrogens with zero attached hydrogens (tertiary/aromatic N) is 1. The van der Waals surface area contributed by atoms with E-state index in [-0.39, 0.29) is 5.91 Å². The summed E-state index contributed by atoms with van der Waals surface area (Å²) in [5, 5.41) is 0.598. The Morgan fingerprint density at radius 3 is 2.71 bits per heavy atom. The Bertz CT molecular complexity index is 730. The minimum absolute atomic E-state index is 0.142. The molecule has 0 bridgehead atoms. The number of halogens is 1. The lowest BCUT2D eigenvalue weighted by Gasteiger charge is -2.20. The molecular weight excluding hydrogens is 326 g/mol. The van der Waals surface area contributed by atoms with Crippen molar-refractivity contribution >= 4 is 17.5 Å². The first-order chi connectivity index (χ1) is 11.6. The zero-order valence-corrected chi connectivity index (χ0v) is 14.5. The topological polar surface area (TPSA) is 38.8 Å². The molecule has 0 saturated carbocycles. The molecule has 5 heteroatoms. The van der Waals surface area contributed by atoms with E-state index in [0.717, 1.165) is 5.56 Å². The summed E-state index contributed by atoms with van der Waals surface area (Å²) in [6, 6.07) is 12.5. The Kier molecular flexibility index (Phi) is 6.27. The predicted molar refractivity (Wildman–Crippen MR) is 95.9 cm³/mol. The van der Waals surface area contributed by atoms with Crippen LogP contribution in [0.5, 0.6) is 11.5 Å². The van der Waals surface area contributed by atoms with Gasteiger partial charge in [0.1, 0.15) is 18.1 Å². The minimum atomic E-state index is -0.142. The van der Waals surface area contributed by atoms with E-state index in [2.05, 4.69) is 6.58 Å². The molecule has 4 nitrogen and oxygen atoms in total. The number of hydrogen-bond acceptors (Lipinski definition) is 3. The molecule has 0 heterocycles. The monoisotopic (exact) mass is 345 g/mol. The van der Waals surface area contributed by atoms with Gasteiger partial charge in [-0.25, -0.2) is 0 Å². The number of benzene rings is 2. The number of carbonyl (C=O) groups is 1. The SMILES string of the molecule is C=CCOc1ccccc1C(=O)N(C)Cc1cc(Cl)ccc1OC. The number of rotatable bonds is 7. The third kappa shape index (κ3) is 4.30. The van der Waals surface area contributed by atoms with Crippen molar-refractivity contribution < 1.29 is 14.3 Å². The van der Waals surface area contributed by atoms with Crippen molar-refractivity contribution in [1.29, 1.82) is 0 Å². The first-order valence-electron chi connectivity index (χ1n) is 7.47. The summed E-state index contributed by atoms with van der Waals surface area (Å²) < 4.78 is 10.9. The first-order valence-corrected chi connectivity index (χ1v) is 7.85. The third-order valence-corrected chi connectivity index (χ3v) is 3.71. The molecule has 2 aromatic rings. The smallest absolute Gasteiger partial charge is 0.257 e. The van der Waals surface area contributed by atoms with Crippen LogP contribution in [0.2, 0.25) is 5.02 Å². The van der Waals surface area contributed by atoms with Crippen LogP contribution < -0.4 is 9.47 Å². The Balaban J connectivity index is 2.21. The fraction of sp³-hybridized carbons (Fsp3) is 0.211. The molecule has 0 radical (unpaired) electrons. The highest BCUT2D eigenvalue weighted by Gasteiger charge is 2.18. The summed E-state index contributed by atoms with van der Waals surface area (Å²) in [5.41, 5.74) is 1.34. The summed E-state index contributed by atoms with van der Waals surface area (Å²) in [7, 11) is 3.32. The van der Waals surface area contributed by atoms with Gasteiger partial charge >= 0.3 is 0 Å². The maximum Gasteiger partial charge on any atom is 0.257 e. The van der Waals surface area contributed by atoms with Gasteiger partial charge in [0.05, 0.1) is 12.7 Å². The van der Waals surface area contributed by atoms with Gasteiger partial charge in [-0.2, -0.15) is 0 Å². The number of carbonyl (C=O) groups excluding carboxylic acids is 1. The first kappa shape index (κ1) is 17.9. The van der Waals surface area contributed by atoms with E-state index in [1.54, 1.807) is 55.5 Å². The molecule has 0 N–H and O–H groups in total. The molecular formula is C19H20ClNO3. The lowest BCUT2D eigenvalue weighted by molar-refractivity contribution is 0.0780. The second-order valence-electron chi connectivity index (χ2n) is 5.21. The predicted octanol–water partition coefficient (Wildman–Crippen LogP) is 4.19. The van der Waals surface area contributed by atoms with Crippen LogP contribution in [0, 0.1) is 0 Å². The van der Waals surface area contributed by atoms with Crippen molar-refractivity contribution in [3.63, 3.8) is 0 Å². The maximum absolute atomic E-state index is 12.8. The van der Waals surface area contributed by atoms with Gasteiger partial charge < -0.3 is 14.4 Å². The van der Waals surface area contributed by atoms with E-state index < -0.39 is 0 Å². The van der Waals surface area contributed by atoms with Crippen LogP contribution in [-0.2, 0) is 6.54 Å². The van der Waals surface area contributed by atoms with Crippen LogP contribution in [0.4, 0.5) is 0 Å². The van der Waals surface area contributed by atoms with E-state index in [1.807, 2.05) is 12.1 Å². The van der Waals surface area contributed by atoms with Crippen LogP contribution in [0.15, 0.2) is 55.1 Å². The molecule has 126 valence electrons. The van der Waals surface area contributed by atoms with Crippen LogP contribution in [-0.4, -0.2) is 31.6 Å². The van der Waals surface area contributed by atoms with Crippen molar-refractivity contribution in [3.8, 4) is 11.5 Å². The average Bonchev–Trinajstić information content (AvgIpc) is 2.59. The molecule has 0 aromatic heterocycles. The van der Waals surface area contributed by atoms with E-state index in [4.69, 9.17) is 21.1 Å². The summed E-state index contributed by atoms with van der Waals surface area (Å²) >= 11 is 6.05. The largest absolute Gasteiger partial charge is 0.496 e. The molecule has 2 aromatic carbocycles. The lowest BCUT2D eigenvalue weighted by Crippen LogP contribution is -2.27. The molecule has 0 aliphatic carbocycles. The van der Waals surface area contributed by atoms with Crippen molar-refractivity contribution in [1.82, 2.24) is 4.90 Å². The van der Waals surface area contributed by atoms with E-state index in [1.165, 1.54) is 0 Å². The average molecular weight is 346 g/mol. The Labute approximate surface area is 147 Å². The number of methoxy groups -OCH3 is 1. The number of amides is 1. The molecule has 24 heavy (non-hydrogen) atoms. The lowest BCUT2D eigenvalue weighted by atomic mass is 10.1. The zero-order valence-electron chi connectivity index (χ0n) is 13.8. The van der Waals surface area contributed by atoms with Crippen molar-refractivity contribution in [2.75, 3.05) is 20.8 Å². The van der Waals surface area contributed by atoms with Crippen molar-refractivity contribution in [3.05, 3.63) is 71.3 Å². The second-order valence-corrected chi connectivity index (χ2v) is 5.65. The van der Waals surface area contributed by atoms with Gasteiger partial charge in [-0.1, -0.05) is 36.4 Å². The van der Waals surface area contributed by atoms with Gasteiger partial charge in [0, 0.05) is 24.2 Å². The van der Waals surface area contributed by atoms with Crippen molar-refractivity contribution in [2.45, 2.75) is 6.54 Å². The zero-order chi connectivity index (χ0) is 17.5. The Morgan fingerprint density at radius 1 is 1.25 bits per heavy atom. The van der Waals surface area contributed by atoms with E-state index in [0.29, 0.717) is 35.2 Å². The fourth-order valence-corrected chi connectivity index (χ4v) is 2.52. The van der Waals surface area contributed by atoms with Gasteiger partial charge in [0.25, 0.3) is 5.91 Å².